The molecule has 59 heavy (non-hydrogen) atoms. The quantitative estimate of drug-likeness (QED) is 0.265. The lowest BCUT2D eigenvalue weighted by atomic mass is 9.72. The summed E-state index contributed by atoms with van der Waals surface area (Å²) < 4.78 is 38.7. The smallest absolute Gasteiger partial charge is 0.108 e. The standard InChI is InChI=1S/C9H17F.C9H20.C7H13F.2C7H16.C6H11F.C6H14.C5H12/c1-8(2)4-6-9(3,10)7-5-8;1-6-8(7-2)9(3,4)5;1-7(8)5-3-2-4-6-7;1-6(2)7(3,4)5;1-5-6-7(2,3)4;1-6(7)4-2-3-5-6;1-5-6(2,3)4;1-5(2,3)4/h4-7H2,1-3H3;8H,6-7H2,1-5H3;2-6H2,1H3;6H,1-5H3;5-6H2,1-4H3;2-5H2,1H3;5H2,1-4H3;1-4H3. The average molecular weight is 850 g/mol. The van der Waals surface area contributed by atoms with Crippen molar-refractivity contribution in [2.75, 3.05) is 0 Å². The Labute approximate surface area is 375 Å². The molecule has 0 heterocycles. The van der Waals surface area contributed by atoms with Crippen LogP contribution in [0, 0.1) is 44.3 Å². The van der Waals surface area contributed by atoms with Crippen LogP contribution in [0.25, 0.3) is 0 Å². The zero-order chi connectivity index (χ0) is 48.4. The summed E-state index contributed by atoms with van der Waals surface area (Å²) in [7, 11) is 0. The molecule has 3 fully saturated rings. The molecule has 3 saturated carbocycles. The van der Waals surface area contributed by atoms with Crippen molar-refractivity contribution in [3.05, 3.63) is 0 Å². The number of rotatable bonds is 3. The van der Waals surface area contributed by atoms with Gasteiger partial charge in [0.1, 0.15) is 17.0 Å². The van der Waals surface area contributed by atoms with Crippen LogP contribution in [0.15, 0.2) is 0 Å². The normalized spacial score (nSPS) is 19.3. The molecule has 3 aliphatic carbocycles. The maximum absolute atomic E-state index is 13.2. The molecule has 364 valence electrons. The maximum Gasteiger partial charge on any atom is 0.108 e. The molecule has 3 rings (SSSR count). The van der Waals surface area contributed by atoms with Gasteiger partial charge in [-0.1, -0.05) is 224 Å². The molecule has 0 saturated heterocycles. The van der Waals surface area contributed by atoms with E-state index in [-0.39, 0.29) is 0 Å². The van der Waals surface area contributed by atoms with E-state index in [1.807, 2.05) is 0 Å². The van der Waals surface area contributed by atoms with Gasteiger partial charge in [-0.25, -0.2) is 13.2 Å². The summed E-state index contributed by atoms with van der Waals surface area (Å²) in [5.74, 6) is 1.70. The van der Waals surface area contributed by atoms with Crippen LogP contribution in [0.4, 0.5) is 13.2 Å². The molecule has 3 heteroatoms. The van der Waals surface area contributed by atoms with E-state index in [4.69, 9.17) is 0 Å². The zero-order valence-corrected chi connectivity index (χ0v) is 46.5. The topological polar surface area (TPSA) is 0 Å². The van der Waals surface area contributed by atoms with E-state index in [0.29, 0.717) is 32.5 Å². The lowest BCUT2D eigenvalue weighted by molar-refractivity contribution is 0.0708. The van der Waals surface area contributed by atoms with E-state index >= 15 is 0 Å². The largest absolute Gasteiger partial charge is 0.244 e. The van der Waals surface area contributed by atoms with Gasteiger partial charge in [0.15, 0.2) is 0 Å². The molecule has 0 bridgehead atoms. The van der Waals surface area contributed by atoms with Crippen LogP contribution in [-0.2, 0) is 0 Å². The first kappa shape index (κ1) is 67.9. The highest BCUT2D eigenvalue weighted by molar-refractivity contribution is 4.86. The van der Waals surface area contributed by atoms with Crippen LogP contribution in [0.3, 0.4) is 0 Å². The lowest BCUT2D eigenvalue weighted by Gasteiger charge is -2.36. The Morgan fingerprint density at radius 2 is 0.678 bits per heavy atom. The van der Waals surface area contributed by atoms with E-state index in [1.165, 1.54) is 38.5 Å². The third kappa shape index (κ3) is 57.8. The Bertz CT molecular complexity index is 875. The Morgan fingerprint density at radius 1 is 0.424 bits per heavy atom. The molecule has 0 aliphatic heterocycles. The number of alkyl halides is 3. The zero-order valence-electron chi connectivity index (χ0n) is 46.5. The van der Waals surface area contributed by atoms with Gasteiger partial charge < -0.3 is 0 Å². The molecule has 0 aromatic heterocycles. The first-order valence-electron chi connectivity index (χ1n) is 25.0. The lowest BCUT2D eigenvalue weighted by Crippen LogP contribution is -2.30. The second kappa shape index (κ2) is 30.8. The molecule has 0 aromatic rings. The van der Waals surface area contributed by atoms with Gasteiger partial charge in [-0.3, -0.25) is 0 Å². The van der Waals surface area contributed by atoms with Gasteiger partial charge in [0.05, 0.1) is 0 Å². The molecule has 0 aromatic carbocycles. The molecule has 0 nitrogen and oxygen atoms in total. The SMILES string of the molecule is CC(C)(C)C.CC(C)C(C)(C)C.CC1(C)CCC(C)(F)CC1.CC1(F)CCCC1.CC1(F)CCCCC1.CCC(C)(C)C.CCC(CC)C(C)(C)C.CCCC(C)(C)C. The van der Waals surface area contributed by atoms with Crippen LogP contribution in [0.5, 0.6) is 0 Å². The van der Waals surface area contributed by atoms with Crippen molar-refractivity contribution >= 4 is 0 Å². The minimum absolute atomic E-state index is 0.394. The first-order chi connectivity index (χ1) is 25.9. The summed E-state index contributed by atoms with van der Waals surface area (Å²) >= 11 is 0. The molecule has 3 aliphatic rings. The highest BCUT2D eigenvalue weighted by Gasteiger charge is 2.34. The van der Waals surface area contributed by atoms with Crippen molar-refractivity contribution < 1.29 is 13.2 Å². The van der Waals surface area contributed by atoms with Gasteiger partial charge in [0.25, 0.3) is 0 Å². The highest BCUT2D eigenvalue weighted by Crippen LogP contribution is 2.41. The third-order valence-corrected chi connectivity index (χ3v) is 12.2. The van der Waals surface area contributed by atoms with Gasteiger partial charge in [-0.2, -0.15) is 0 Å². The molecule has 0 atom stereocenters. The number of hydrogen-bond acceptors (Lipinski definition) is 0. The average Bonchev–Trinajstić information content (AvgIpc) is 3.42. The molecule has 0 unspecified atom stereocenters. The van der Waals surface area contributed by atoms with Gasteiger partial charge in [-0.15, -0.1) is 0 Å². The number of hydrogen-bond donors (Lipinski definition) is 0. The summed E-state index contributed by atoms with van der Waals surface area (Å²) in [6.45, 7) is 59.1. The van der Waals surface area contributed by atoms with Crippen molar-refractivity contribution in [1.29, 1.82) is 0 Å². The Balaban J connectivity index is -0.000000190. The number of halogens is 3. The highest BCUT2D eigenvalue weighted by atomic mass is 19.2. The summed E-state index contributed by atoms with van der Waals surface area (Å²) in [6.07, 6.45) is 18.9. The van der Waals surface area contributed by atoms with Crippen molar-refractivity contribution in [3.8, 4) is 0 Å². The van der Waals surface area contributed by atoms with Gasteiger partial charge in [0.2, 0.25) is 0 Å². The van der Waals surface area contributed by atoms with E-state index in [9.17, 15) is 13.2 Å². The third-order valence-electron chi connectivity index (χ3n) is 12.2. The van der Waals surface area contributed by atoms with E-state index in [0.717, 1.165) is 88.9 Å². The maximum atomic E-state index is 13.2. The van der Waals surface area contributed by atoms with Crippen molar-refractivity contribution in [2.24, 2.45) is 44.3 Å². The fourth-order valence-electron chi connectivity index (χ4n) is 6.11. The predicted octanol–water partition coefficient (Wildman–Crippen LogP) is 21.8. The second-order valence-electron chi connectivity index (χ2n) is 26.8. The summed E-state index contributed by atoms with van der Waals surface area (Å²) in [4.78, 5) is 0. The molecule has 0 radical (unpaired) electrons. The minimum Gasteiger partial charge on any atom is -0.244 e. The first-order valence-corrected chi connectivity index (χ1v) is 25.0. The van der Waals surface area contributed by atoms with Gasteiger partial charge in [0, 0.05) is 0 Å². The van der Waals surface area contributed by atoms with Crippen LogP contribution in [0.2, 0.25) is 0 Å². The predicted molar refractivity (Wildman–Crippen MR) is 269 cm³/mol. The van der Waals surface area contributed by atoms with Crippen LogP contribution < -0.4 is 0 Å². The van der Waals surface area contributed by atoms with Gasteiger partial charge >= 0.3 is 0 Å². The summed E-state index contributed by atoms with van der Waals surface area (Å²) in [5.41, 5.74) is 0.512. The van der Waals surface area contributed by atoms with E-state index < -0.39 is 17.0 Å². The molecular weight excluding hydrogens is 730 g/mol. The Hall–Kier alpha value is -0.210. The minimum atomic E-state index is -0.866. The summed E-state index contributed by atoms with van der Waals surface area (Å²) in [5, 5.41) is 0. The molecular formula is C56H119F3. The fourth-order valence-corrected chi connectivity index (χ4v) is 6.11. The second-order valence-corrected chi connectivity index (χ2v) is 26.8. The monoisotopic (exact) mass is 849 g/mol. The Kier molecular flexibility index (Phi) is 35.4. The molecule has 0 amide bonds. The van der Waals surface area contributed by atoms with Crippen molar-refractivity contribution in [3.63, 3.8) is 0 Å². The van der Waals surface area contributed by atoms with Crippen LogP contribution in [0.1, 0.15) is 303 Å². The van der Waals surface area contributed by atoms with Crippen LogP contribution >= 0.6 is 0 Å². The van der Waals surface area contributed by atoms with E-state index in [1.54, 1.807) is 20.8 Å². The molecule has 0 N–H and O–H groups in total. The van der Waals surface area contributed by atoms with Crippen LogP contribution in [-0.4, -0.2) is 17.0 Å². The Morgan fingerprint density at radius 3 is 0.780 bits per heavy atom. The van der Waals surface area contributed by atoms with Crippen molar-refractivity contribution in [1.82, 2.24) is 0 Å². The van der Waals surface area contributed by atoms with Crippen molar-refractivity contribution in [2.45, 2.75) is 320 Å². The fraction of sp³-hybridized carbons (Fsp3) is 1.00. The van der Waals surface area contributed by atoms with E-state index in [2.05, 4.69) is 166 Å². The summed E-state index contributed by atoms with van der Waals surface area (Å²) in [6, 6.07) is 0. The molecule has 0 spiro atoms. The van der Waals surface area contributed by atoms with Gasteiger partial charge in [-0.05, 0) is 123 Å².